The number of unbranched alkanes of at least 4 members (excludes halogenated alkanes) is 2. The van der Waals surface area contributed by atoms with Crippen LogP contribution in [0.2, 0.25) is 0 Å². The van der Waals surface area contributed by atoms with E-state index < -0.39 is 0 Å². The van der Waals surface area contributed by atoms with Gasteiger partial charge in [0.25, 0.3) is 0 Å². The van der Waals surface area contributed by atoms with Gasteiger partial charge in [0.05, 0.1) is 0 Å². The molecule has 2 rings (SSSR count). The molecule has 0 N–H and O–H groups in total. The minimum atomic E-state index is 0.224. The average Bonchev–Trinajstić information content (AvgIpc) is 2.57. The first-order valence-corrected chi connectivity index (χ1v) is 7.04. The van der Waals surface area contributed by atoms with Crippen LogP contribution in [0.5, 0.6) is 0 Å². The van der Waals surface area contributed by atoms with Crippen LogP contribution in [-0.2, 0) is 6.54 Å². The standard InChI is InChI=1S/C12H15NOSe/c1-2-3-6-9-13-12(14)10-7-4-5-8-11(10)15-13/h4-5,7-8H,2-3,6,9H2,1H3. The van der Waals surface area contributed by atoms with Crippen molar-refractivity contribution in [1.29, 1.82) is 0 Å². The van der Waals surface area contributed by atoms with E-state index in [0.717, 1.165) is 18.4 Å². The molecule has 0 aliphatic rings. The second-order valence-corrected chi connectivity index (χ2v) is 5.93. The van der Waals surface area contributed by atoms with Crippen molar-refractivity contribution in [2.75, 3.05) is 0 Å². The number of hydrogen-bond acceptors (Lipinski definition) is 1. The molecule has 0 fully saturated rings. The van der Waals surface area contributed by atoms with Gasteiger partial charge in [-0.15, -0.1) is 0 Å². The van der Waals surface area contributed by atoms with Crippen LogP contribution >= 0.6 is 0 Å². The van der Waals surface area contributed by atoms with Crippen LogP contribution in [0.15, 0.2) is 29.1 Å². The molecule has 1 heterocycles. The third-order valence-electron chi connectivity index (χ3n) is 2.52. The Hall–Kier alpha value is -0.791. The normalized spacial score (nSPS) is 11.0. The first-order valence-electron chi connectivity index (χ1n) is 5.42. The van der Waals surface area contributed by atoms with E-state index in [1.807, 2.05) is 21.8 Å². The van der Waals surface area contributed by atoms with Crippen LogP contribution in [0.1, 0.15) is 26.2 Å². The molecule has 0 bridgehead atoms. The van der Waals surface area contributed by atoms with Crippen molar-refractivity contribution in [3.05, 3.63) is 34.6 Å². The molecule has 2 aromatic rings. The molecule has 1 aromatic carbocycles. The van der Waals surface area contributed by atoms with Crippen molar-refractivity contribution in [3.8, 4) is 0 Å². The second-order valence-electron chi connectivity index (χ2n) is 3.70. The molecule has 0 spiro atoms. The summed E-state index contributed by atoms with van der Waals surface area (Å²) in [4.78, 5) is 11.9. The van der Waals surface area contributed by atoms with Crippen molar-refractivity contribution >= 4 is 24.4 Å². The Bertz CT molecular complexity index is 498. The van der Waals surface area contributed by atoms with Gasteiger partial charge in [0.1, 0.15) is 0 Å². The molecule has 15 heavy (non-hydrogen) atoms. The Morgan fingerprint density at radius 2 is 2.07 bits per heavy atom. The molecule has 3 heteroatoms. The summed E-state index contributed by atoms with van der Waals surface area (Å²) in [5.41, 5.74) is 0.238. The molecule has 0 radical (unpaired) electrons. The monoisotopic (exact) mass is 269 g/mol. The number of nitrogens with zero attached hydrogens (tertiary/aromatic N) is 1. The van der Waals surface area contributed by atoms with Crippen molar-refractivity contribution in [2.24, 2.45) is 0 Å². The summed E-state index contributed by atoms with van der Waals surface area (Å²) in [6.07, 6.45) is 3.57. The molecular weight excluding hydrogens is 253 g/mol. The first-order chi connectivity index (χ1) is 7.33. The predicted octanol–water partition coefficient (Wildman–Crippen LogP) is 2.25. The van der Waals surface area contributed by atoms with E-state index in [0.29, 0.717) is 0 Å². The molecular formula is C12H15NOSe. The summed E-state index contributed by atoms with van der Waals surface area (Å²) in [5, 5.41) is 0.925. The zero-order valence-corrected chi connectivity index (χ0v) is 10.6. The van der Waals surface area contributed by atoms with Gasteiger partial charge < -0.3 is 0 Å². The summed E-state index contributed by atoms with van der Waals surface area (Å²) < 4.78 is 3.26. The summed E-state index contributed by atoms with van der Waals surface area (Å²) in [6, 6.07) is 7.98. The predicted molar refractivity (Wildman–Crippen MR) is 64.7 cm³/mol. The molecule has 0 aliphatic heterocycles. The molecule has 0 atom stereocenters. The molecule has 2 nitrogen and oxygen atoms in total. The van der Waals surface area contributed by atoms with Gasteiger partial charge in [-0.3, -0.25) is 0 Å². The Morgan fingerprint density at radius 1 is 1.27 bits per heavy atom. The fourth-order valence-corrected chi connectivity index (χ4v) is 3.84. The van der Waals surface area contributed by atoms with Crippen LogP contribution < -0.4 is 5.56 Å². The summed E-state index contributed by atoms with van der Waals surface area (Å²) in [6.45, 7) is 3.12. The van der Waals surface area contributed by atoms with Gasteiger partial charge in [-0.25, -0.2) is 0 Å². The number of aromatic nitrogens is 1. The topological polar surface area (TPSA) is 22.0 Å². The molecule has 80 valence electrons. The quantitative estimate of drug-likeness (QED) is 0.615. The fourth-order valence-electron chi connectivity index (χ4n) is 1.67. The van der Waals surface area contributed by atoms with Crippen LogP contribution in [0, 0.1) is 0 Å². The van der Waals surface area contributed by atoms with Gasteiger partial charge in [0, 0.05) is 0 Å². The zero-order valence-electron chi connectivity index (χ0n) is 8.90. The minimum absolute atomic E-state index is 0.224. The first kappa shape index (κ1) is 10.7. The van der Waals surface area contributed by atoms with Crippen molar-refractivity contribution in [2.45, 2.75) is 32.7 Å². The number of rotatable bonds is 4. The molecule has 1 aromatic heterocycles. The van der Waals surface area contributed by atoms with Gasteiger partial charge in [-0.1, -0.05) is 0 Å². The van der Waals surface area contributed by atoms with E-state index in [9.17, 15) is 4.79 Å². The molecule has 0 aliphatic carbocycles. The maximum atomic E-state index is 11.9. The summed E-state index contributed by atoms with van der Waals surface area (Å²) >= 11 is 0.224. The maximum absolute atomic E-state index is 11.9. The van der Waals surface area contributed by atoms with E-state index in [-0.39, 0.29) is 20.3 Å². The third-order valence-corrected chi connectivity index (χ3v) is 4.87. The van der Waals surface area contributed by atoms with E-state index in [1.54, 1.807) is 0 Å². The molecule has 0 saturated heterocycles. The third kappa shape index (κ3) is 2.24. The van der Waals surface area contributed by atoms with E-state index in [4.69, 9.17) is 0 Å². The molecule has 0 unspecified atom stereocenters. The van der Waals surface area contributed by atoms with Gasteiger partial charge in [0.15, 0.2) is 0 Å². The fraction of sp³-hybridized carbons (Fsp3) is 0.417. The number of aryl methyl sites for hydroxylation is 1. The average molecular weight is 268 g/mol. The van der Waals surface area contributed by atoms with Crippen molar-refractivity contribution in [1.82, 2.24) is 3.56 Å². The van der Waals surface area contributed by atoms with Crippen LogP contribution in [0.3, 0.4) is 0 Å². The van der Waals surface area contributed by atoms with Crippen LogP contribution in [-0.4, -0.2) is 18.3 Å². The number of benzene rings is 1. The van der Waals surface area contributed by atoms with Gasteiger partial charge in [0.2, 0.25) is 0 Å². The SMILES string of the molecule is CCCCCn1[se]c2ccccc2c1=O. The van der Waals surface area contributed by atoms with E-state index >= 15 is 0 Å². The van der Waals surface area contributed by atoms with Crippen LogP contribution in [0.4, 0.5) is 0 Å². The van der Waals surface area contributed by atoms with Crippen molar-refractivity contribution in [3.63, 3.8) is 0 Å². The molecule has 0 amide bonds. The van der Waals surface area contributed by atoms with Gasteiger partial charge >= 0.3 is 95.3 Å². The van der Waals surface area contributed by atoms with E-state index in [2.05, 4.69) is 13.0 Å². The Kier molecular flexibility index (Phi) is 3.45. The number of fused-ring (bicyclic) bond motifs is 1. The van der Waals surface area contributed by atoms with Gasteiger partial charge in [-0.2, -0.15) is 0 Å². The summed E-state index contributed by atoms with van der Waals surface area (Å²) in [5.74, 6) is 0. The number of hydrogen-bond donors (Lipinski definition) is 0. The van der Waals surface area contributed by atoms with Crippen molar-refractivity contribution < 1.29 is 0 Å². The van der Waals surface area contributed by atoms with E-state index in [1.165, 1.54) is 17.1 Å². The van der Waals surface area contributed by atoms with Gasteiger partial charge in [-0.05, 0) is 0 Å². The summed E-state index contributed by atoms with van der Waals surface area (Å²) in [7, 11) is 0. The Balaban J connectivity index is 2.28. The van der Waals surface area contributed by atoms with Crippen LogP contribution in [0.25, 0.3) is 9.65 Å². The Morgan fingerprint density at radius 3 is 2.80 bits per heavy atom. The molecule has 0 saturated carbocycles. The zero-order chi connectivity index (χ0) is 10.7. The second kappa shape index (κ2) is 4.82. The Labute approximate surface area is 95.5 Å².